The van der Waals surface area contributed by atoms with Crippen LogP contribution in [0.4, 0.5) is 5.69 Å². The van der Waals surface area contributed by atoms with Gasteiger partial charge in [0.25, 0.3) is 0 Å². The molecule has 144 valence electrons. The molecule has 0 aliphatic rings. The Kier molecular flexibility index (Phi) is 6.23. The molecule has 6 heteroatoms. The summed E-state index contributed by atoms with van der Waals surface area (Å²) >= 11 is 1.49. The molecule has 0 amide bonds. The number of ether oxygens (including phenoxy) is 1. The molecule has 3 aromatic rings. The number of anilines is 1. The van der Waals surface area contributed by atoms with E-state index in [1.54, 1.807) is 43.3 Å². The largest absolute Gasteiger partial charge is 0.505 e. The minimum Gasteiger partial charge on any atom is -0.505 e. The first-order chi connectivity index (χ1) is 13.5. The highest BCUT2D eigenvalue weighted by Gasteiger charge is 2.19. The van der Waals surface area contributed by atoms with E-state index in [9.17, 15) is 15.0 Å². The van der Waals surface area contributed by atoms with Crippen LogP contribution in [0, 0.1) is 0 Å². The summed E-state index contributed by atoms with van der Waals surface area (Å²) in [6.07, 6.45) is -1.09. The zero-order valence-corrected chi connectivity index (χ0v) is 16.1. The minimum absolute atomic E-state index is 0.153. The Morgan fingerprint density at radius 2 is 1.75 bits per heavy atom. The highest BCUT2D eigenvalue weighted by atomic mass is 32.2. The van der Waals surface area contributed by atoms with Crippen molar-refractivity contribution in [3.63, 3.8) is 0 Å². The monoisotopic (exact) mass is 395 g/mol. The van der Waals surface area contributed by atoms with E-state index in [0.717, 1.165) is 9.79 Å². The molecular formula is C22H21NO4S. The molecule has 0 heterocycles. The molecule has 1 atom stereocenters. The highest BCUT2D eigenvalue weighted by Crippen LogP contribution is 2.39. The zero-order valence-electron chi connectivity index (χ0n) is 15.3. The molecule has 0 spiro atoms. The van der Waals surface area contributed by atoms with E-state index in [1.807, 2.05) is 30.3 Å². The van der Waals surface area contributed by atoms with Gasteiger partial charge in [-0.3, -0.25) is 0 Å². The fourth-order valence-electron chi connectivity index (χ4n) is 2.74. The maximum atomic E-state index is 11.8. The summed E-state index contributed by atoms with van der Waals surface area (Å²) in [6.45, 7) is 2.03. The van der Waals surface area contributed by atoms with Crippen molar-refractivity contribution < 1.29 is 19.7 Å². The van der Waals surface area contributed by atoms with Crippen LogP contribution in [0.15, 0.2) is 76.5 Å². The summed E-state index contributed by atoms with van der Waals surface area (Å²) in [7, 11) is 0. The van der Waals surface area contributed by atoms with Crippen molar-refractivity contribution in [1.82, 2.24) is 0 Å². The third kappa shape index (κ3) is 4.47. The smallest absolute Gasteiger partial charge is 0.338 e. The van der Waals surface area contributed by atoms with Crippen molar-refractivity contribution in [1.29, 1.82) is 0 Å². The van der Waals surface area contributed by atoms with E-state index in [2.05, 4.69) is 0 Å². The standard InChI is InChI=1S/C22H21NO4S/c1-2-27-22(26)15-10-8-14(9-11-15)20(24)18-12-17(13-19(23)21(18)25)28-16-6-4-3-5-7-16/h3-13,20,24-25H,2,23H2,1H3. The number of rotatable bonds is 6. The summed E-state index contributed by atoms with van der Waals surface area (Å²) in [6, 6.07) is 19.6. The number of hydrogen-bond acceptors (Lipinski definition) is 6. The lowest BCUT2D eigenvalue weighted by Gasteiger charge is -2.16. The molecule has 0 aromatic heterocycles. The van der Waals surface area contributed by atoms with Crippen LogP contribution in [0.2, 0.25) is 0 Å². The number of phenolic OH excluding ortho intramolecular Hbond substituents is 1. The van der Waals surface area contributed by atoms with Crippen molar-refractivity contribution >= 4 is 23.4 Å². The van der Waals surface area contributed by atoms with Gasteiger partial charge in [0, 0.05) is 15.4 Å². The molecule has 3 aromatic carbocycles. The Morgan fingerprint density at radius 1 is 1.07 bits per heavy atom. The lowest BCUT2D eigenvalue weighted by molar-refractivity contribution is 0.0526. The van der Waals surface area contributed by atoms with E-state index in [4.69, 9.17) is 10.5 Å². The third-order valence-corrected chi connectivity index (χ3v) is 5.13. The van der Waals surface area contributed by atoms with Gasteiger partial charge in [0.1, 0.15) is 11.9 Å². The molecule has 5 nitrogen and oxygen atoms in total. The maximum absolute atomic E-state index is 11.8. The Hall–Kier alpha value is -2.96. The summed E-state index contributed by atoms with van der Waals surface area (Å²) in [5.74, 6) is -0.573. The van der Waals surface area contributed by atoms with E-state index in [1.165, 1.54) is 11.8 Å². The molecule has 0 fully saturated rings. The number of carbonyl (C=O) groups is 1. The Morgan fingerprint density at radius 3 is 2.39 bits per heavy atom. The van der Waals surface area contributed by atoms with Gasteiger partial charge in [-0.25, -0.2) is 4.79 Å². The fourth-order valence-corrected chi connectivity index (χ4v) is 3.68. The van der Waals surface area contributed by atoms with Crippen LogP contribution in [-0.2, 0) is 4.74 Å². The molecule has 0 saturated heterocycles. The third-order valence-electron chi connectivity index (χ3n) is 4.15. The van der Waals surface area contributed by atoms with Crippen LogP contribution in [0.25, 0.3) is 0 Å². The highest BCUT2D eigenvalue weighted by molar-refractivity contribution is 7.99. The number of nitrogens with two attached hydrogens (primary N) is 1. The van der Waals surface area contributed by atoms with Gasteiger partial charge in [0.05, 0.1) is 17.9 Å². The molecule has 0 aliphatic carbocycles. The predicted octanol–water partition coefficient (Wildman–Crippen LogP) is 4.38. The average Bonchev–Trinajstić information content (AvgIpc) is 2.71. The van der Waals surface area contributed by atoms with Crippen molar-refractivity contribution in [2.75, 3.05) is 12.3 Å². The second kappa shape index (κ2) is 8.82. The van der Waals surface area contributed by atoms with E-state index in [0.29, 0.717) is 23.3 Å². The quantitative estimate of drug-likeness (QED) is 0.326. The Balaban J connectivity index is 1.88. The van der Waals surface area contributed by atoms with Gasteiger partial charge in [-0.15, -0.1) is 0 Å². The van der Waals surface area contributed by atoms with Crippen LogP contribution in [0.1, 0.15) is 34.5 Å². The predicted molar refractivity (Wildman–Crippen MR) is 110 cm³/mol. The number of esters is 1. The van der Waals surface area contributed by atoms with Crippen LogP contribution >= 0.6 is 11.8 Å². The molecule has 3 rings (SSSR count). The van der Waals surface area contributed by atoms with Crippen molar-refractivity contribution in [3.8, 4) is 5.75 Å². The number of phenols is 1. The van der Waals surface area contributed by atoms with E-state index < -0.39 is 12.1 Å². The number of benzene rings is 3. The van der Waals surface area contributed by atoms with Gasteiger partial charge in [0.15, 0.2) is 0 Å². The zero-order chi connectivity index (χ0) is 20.1. The Bertz CT molecular complexity index is 958. The number of aliphatic hydroxyl groups excluding tert-OH is 1. The SMILES string of the molecule is CCOC(=O)c1ccc(C(O)c2cc(Sc3ccccc3)cc(N)c2O)cc1. The number of nitrogen functional groups attached to an aromatic ring is 1. The van der Waals surface area contributed by atoms with Crippen LogP contribution < -0.4 is 5.73 Å². The first-order valence-corrected chi connectivity index (χ1v) is 9.61. The maximum Gasteiger partial charge on any atom is 0.338 e. The second-order valence-electron chi connectivity index (χ2n) is 6.11. The topological polar surface area (TPSA) is 92.8 Å². The van der Waals surface area contributed by atoms with Gasteiger partial charge in [-0.2, -0.15) is 0 Å². The Labute approximate surface area is 167 Å². The lowest BCUT2D eigenvalue weighted by Crippen LogP contribution is -2.06. The molecule has 4 N–H and O–H groups in total. The molecule has 0 radical (unpaired) electrons. The van der Waals surface area contributed by atoms with Crippen LogP contribution in [-0.4, -0.2) is 22.8 Å². The molecule has 28 heavy (non-hydrogen) atoms. The molecule has 1 unspecified atom stereocenters. The van der Waals surface area contributed by atoms with Gasteiger partial charge in [0.2, 0.25) is 0 Å². The molecular weight excluding hydrogens is 374 g/mol. The van der Waals surface area contributed by atoms with Crippen molar-refractivity contribution in [2.45, 2.75) is 22.8 Å². The molecule has 0 saturated carbocycles. The fraction of sp³-hybridized carbons (Fsp3) is 0.136. The van der Waals surface area contributed by atoms with Gasteiger partial charge < -0.3 is 20.7 Å². The van der Waals surface area contributed by atoms with E-state index >= 15 is 0 Å². The minimum atomic E-state index is -1.09. The first kappa shape index (κ1) is 19.8. The normalized spacial score (nSPS) is 11.8. The van der Waals surface area contributed by atoms with E-state index in [-0.39, 0.29) is 11.4 Å². The van der Waals surface area contributed by atoms with Crippen molar-refractivity contribution in [3.05, 3.63) is 83.4 Å². The van der Waals surface area contributed by atoms with Gasteiger partial charge in [-0.05, 0) is 48.9 Å². The first-order valence-electron chi connectivity index (χ1n) is 8.80. The van der Waals surface area contributed by atoms with Crippen LogP contribution in [0.5, 0.6) is 5.75 Å². The molecule has 0 aliphatic heterocycles. The second-order valence-corrected chi connectivity index (χ2v) is 7.26. The average molecular weight is 395 g/mol. The summed E-state index contributed by atoms with van der Waals surface area (Å²) in [5.41, 5.74) is 7.38. The summed E-state index contributed by atoms with van der Waals surface area (Å²) < 4.78 is 4.96. The molecule has 0 bridgehead atoms. The van der Waals surface area contributed by atoms with Crippen LogP contribution in [0.3, 0.4) is 0 Å². The number of aromatic hydroxyl groups is 1. The van der Waals surface area contributed by atoms with Crippen molar-refractivity contribution in [2.24, 2.45) is 0 Å². The summed E-state index contributed by atoms with van der Waals surface area (Å²) in [5, 5.41) is 21.1. The van der Waals surface area contributed by atoms with Gasteiger partial charge in [-0.1, -0.05) is 42.1 Å². The number of aliphatic hydroxyl groups is 1. The summed E-state index contributed by atoms with van der Waals surface area (Å²) in [4.78, 5) is 13.6. The number of carbonyl (C=O) groups excluding carboxylic acids is 1. The lowest BCUT2D eigenvalue weighted by atomic mass is 9.99. The number of hydrogen-bond donors (Lipinski definition) is 3. The van der Waals surface area contributed by atoms with Gasteiger partial charge >= 0.3 is 5.97 Å².